The Kier molecular flexibility index (Phi) is 4.39. The molecule has 1 aromatic carbocycles. The third-order valence-corrected chi connectivity index (χ3v) is 4.99. The van der Waals surface area contributed by atoms with Gasteiger partial charge in [-0.3, -0.25) is 0 Å². The topological polar surface area (TPSA) is 69.4 Å². The highest BCUT2D eigenvalue weighted by molar-refractivity contribution is 7.89. The van der Waals surface area contributed by atoms with Gasteiger partial charge in [0, 0.05) is 0 Å². The molecule has 0 unspecified atom stereocenters. The molecule has 1 saturated carbocycles. The van der Waals surface area contributed by atoms with Gasteiger partial charge >= 0.3 is 0 Å². The second kappa shape index (κ2) is 5.74. The van der Waals surface area contributed by atoms with Gasteiger partial charge in [-0.05, 0) is 54.9 Å². The summed E-state index contributed by atoms with van der Waals surface area (Å²) in [5, 5.41) is 5.26. The lowest BCUT2D eigenvalue weighted by molar-refractivity contribution is 0.179. The summed E-state index contributed by atoms with van der Waals surface area (Å²) < 4.78 is 29.1. The molecular weight excluding hydrogens is 274 g/mol. The standard InChI is InChI=1S/C15H23NO3S/c1-10(2)13-8-15(20(16,17)18)11(3)7-14(13)19-9-12-5-4-6-12/h7-8,10,12H,4-6,9H2,1-3H3,(H2,16,17,18). The first-order chi connectivity index (χ1) is 9.29. The maximum atomic E-state index is 11.6. The fraction of sp³-hybridized carbons (Fsp3) is 0.600. The van der Waals surface area contributed by atoms with Gasteiger partial charge in [0.1, 0.15) is 5.75 Å². The highest BCUT2D eigenvalue weighted by Gasteiger charge is 2.21. The molecule has 2 N–H and O–H groups in total. The van der Waals surface area contributed by atoms with E-state index >= 15 is 0 Å². The average molecular weight is 297 g/mol. The van der Waals surface area contributed by atoms with Crippen molar-refractivity contribution in [3.8, 4) is 5.75 Å². The zero-order valence-corrected chi connectivity index (χ0v) is 13.2. The molecule has 1 aliphatic carbocycles. The fourth-order valence-corrected chi connectivity index (χ4v) is 3.23. The van der Waals surface area contributed by atoms with Crippen LogP contribution in [0.15, 0.2) is 17.0 Å². The van der Waals surface area contributed by atoms with Gasteiger partial charge in [-0.25, -0.2) is 13.6 Å². The lowest BCUT2D eigenvalue weighted by atomic mass is 9.86. The van der Waals surface area contributed by atoms with Crippen molar-refractivity contribution >= 4 is 10.0 Å². The molecular formula is C15H23NO3S. The summed E-state index contributed by atoms with van der Waals surface area (Å²) in [7, 11) is -3.69. The van der Waals surface area contributed by atoms with Crippen LogP contribution in [0.25, 0.3) is 0 Å². The largest absolute Gasteiger partial charge is 0.493 e. The Bertz CT molecular complexity index is 589. The summed E-state index contributed by atoms with van der Waals surface area (Å²) in [5.74, 6) is 1.62. The molecule has 1 aromatic rings. The second-order valence-electron chi connectivity index (χ2n) is 5.96. The lowest BCUT2D eigenvalue weighted by Crippen LogP contribution is -2.20. The third-order valence-electron chi connectivity index (χ3n) is 3.94. The van der Waals surface area contributed by atoms with Gasteiger partial charge < -0.3 is 4.74 Å². The summed E-state index contributed by atoms with van der Waals surface area (Å²) in [6, 6.07) is 3.46. The molecule has 0 radical (unpaired) electrons. The average Bonchev–Trinajstić information content (AvgIpc) is 2.24. The van der Waals surface area contributed by atoms with Gasteiger partial charge in [0.15, 0.2) is 0 Å². The highest BCUT2D eigenvalue weighted by atomic mass is 32.2. The third kappa shape index (κ3) is 3.33. The molecule has 112 valence electrons. The van der Waals surface area contributed by atoms with Crippen LogP contribution in [-0.4, -0.2) is 15.0 Å². The van der Waals surface area contributed by atoms with Crippen molar-refractivity contribution in [2.45, 2.75) is 50.8 Å². The van der Waals surface area contributed by atoms with Crippen molar-refractivity contribution in [1.82, 2.24) is 0 Å². The van der Waals surface area contributed by atoms with E-state index in [9.17, 15) is 8.42 Å². The molecule has 0 bridgehead atoms. The van der Waals surface area contributed by atoms with E-state index in [0.29, 0.717) is 18.1 Å². The van der Waals surface area contributed by atoms with Gasteiger partial charge in [-0.2, -0.15) is 0 Å². The van der Waals surface area contributed by atoms with E-state index < -0.39 is 10.0 Å². The molecule has 20 heavy (non-hydrogen) atoms. The number of rotatable bonds is 5. The molecule has 0 amide bonds. The van der Waals surface area contributed by atoms with Gasteiger partial charge in [0.2, 0.25) is 10.0 Å². The molecule has 5 heteroatoms. The maximum absolute atomic E-state index is 11.6. The summed E-state index contributed by atoms with van der Waals surface area (Å²) in [6.45, 7) is 6.51. The van der Waals surface area contributed by atoms with Crippen molar-refractivity contribution in [3.05, 3.63) is 23.3 Å². The molecule has 0 aliphatic heterocycles. The molecule has 4 nitrogen and oxygen atoms in total. The summed E-state index contributed by atoms with van der Waals surface area (Å²) in [4.78, 5) is 0.192. The van der Waals surface area contributed by atoms with Crippen LogP contribution in [0.2, 0.25) is 0 Å². The van der Waals surface area contributed by atoms with Crippen molar-refractivity contribution in [3.63, 3.8) is 0 Å². The van der Waals surface area contributed by atoms with Crippen LogP contribution in [0.4, 0.5) is 0 Å². The van der Waals surface area contributed by atoms with Crippen LogP contribution in [0, 0.1) is 12.8 Å². The molecule has 2 rings (SSSR count). The first-order valence-electron chi connectivity index (χ1n) is 7.09. The zero-order chi connectivity index (χ0) is 14.9. The Labute approximate surface area is 121 Å². The number of nitrogens with two attached hydrogens (primary N) is 1. The lowest BCUT2D eigenvalue weighted by Gasteiger charge is -2.26. The molecule has 0 aromatic heterocycles. The first-order valence-corrected chi connectivity index (χ1v) is 8.64. The molecule has 0 spiro atoms. The number of hydrogen-bond donors (Lipinski definition) is 1. The number of hydrogen-bond acceptors (Lipinski definition) is 3. The number of ether oxygens (including phenoxy) is 1. The van der Waals surface area contributed by atoms with Crippen LogP contribution in [-0.2, 0) is 10.0 Å². The molecule has 0 atom stereocenters. The normalized spacial score (nSPS) is 16.2. The van der Waals surface area contributed by atoms with E-state index in [1.807, 2.05) is 13.8 Å². The molecule has 1 aliphatic rings. The van der Waals surface area contributed by atoms with Gasteiger partial charge in [-0.1, -0.05) is 20.3 Å². The molecule has 0 heterocycles. The Morgan fingerprint density at radius 1 is 1.35 bits per heavy atom. The highest BCUT2D eigenvalue weighted by Crippen LogP contribution is 2.33. The monoisotopic (exact) mass is 297 g/mol. The summed E-state index contributed by atoms with van der Waals surface area (Å²) in [5.41, 5.74) is 1.54. The van der Waals surface area contributed by atoms with Crippen molar-refractivity contribution < 1.29 is 13.2 Å². The van der Waals surface area contributed by atoms with Gasteiger partial charge in [-0.15, -0.1) is 0 Å². The van der Waals surface area contributed by atoms with Crippen LogP contribution in [0.3, 0.4) is 0 Å². The minimum absolute atomic E-state index is 0.187. The van der Waals surface area contributed by atoms with E-state index in [-0.39, 0.29) is 10.8 Å². The van der Waals surface area contributed by atoms with E-state index in [4.69, 9.17) is 9.88 Å². The van der Waals surface area contributed by atoms with Crippen LogP contribution >= 0.6 is 0 Å². The first kappa shape index (κ1) is 15.3. The van der Waals surface area contributed by atoms with Crippen LogP contribution in [0.1, 0.15) is 50.2 Å². The van der Waals surface area contributed by atoms with E-state index in [2.05, 4.69) is 0 Å². The Morgan fingerprint density at radius 2 is 2.00 bits per heavy atom. The second-order valence-corrected chi connectivity index (χ2v) is 7.49. The number of benzene rings is 1. The van der Waals surface area contributed by atoms with Crippen molar-refractivity contribution in [2.24, 2.45) is 11.1 Å². The fourth-order valence-electron chi connectivity index (χ4n) is 2.43. The number of aryl methyl sites for hydroxylation is 1. The van der Waals surface area contributed by atoms with Crippen LogP contribution in [0.5, 0.6) is 5.75 Å². The molecule has 1 fully saturated rings. The summed E-state index contributed by atoms with van der Waals surface area (Å²) >= 11 is 0. The van der Waals surface area contributed by atoms with Gasteiger partial charge in [0.05, 0.1) is 11.5 Å². The smallest absolute Gasteiger partial charge is 0.238 e. The minimum atomic E-state index is -3.69. The number of sulfonamides is 1. The van der Waals surface area contributed by atoms with Crippen LogP contribution < -0.4 is 9.88 Å². The zero-order valence-electron chi connectivity index (χ0n) is 12.3. The Hall–Kier alpha value is -1.07. The maximum Gasteiger partial charge on any atom is 0.238 e. The van der Waals surface area contributed by atoms with E-state index in [0.717, 1.165) is 11.3 Å². The molecule has 0 saturated heterocycles. The predicted octanol–water partition coefficient (Wildman–Crippen LogP) is 2.94. The van der Waals surface area contributed by atoms with Crippen molar-refractivity contribution in [1.29, 1.82) is 0 Å². The minimum Gasteiger partial charge on any atom is -0.493 e. The Balaban J connectivity index is 2.32. The number of primary sulfonamides is 1. The quantitative estimate of drug-likeness (QED) is 0.908. The SMILES string of the molecule is Cc1cc(OCC2CCC2)c(C(C)C)cc1S(N)(=O)=O. The van der Waals surface area contributed by atoms with E-state index in [1.54, 1.807) is 19.1 Å². The Morgan fingerprint density at radius 3 is 2.45 bits per heavy atom. The van der Waals surface area contributed by atoms with Gasteiger partial charge in [0.25, 0.3) is 0 Å². The van der Waals surface area contributed by atoms with Crippen molar-refractivity contribution in [2.75, 3.05) is 6.61 Å². The van der Waals surface area contributed by atoms with E-state index in [1.165, 1.54) is 19.3 Å². The predicted molar refractivity (Wildman–Crippen MR) is 79.5 cm³/mol. The summed E-state index contributed by atoms with van der Waals surface area (Å²) in [6.07, 6.45) is 3.74.